The predicted molar refractivity (Wildman–Crippen MR) is 67.1 cm³/mol. The van der Waals surface area contributed by atoms with Crippen molar-refractivity contribution >= 4 is 5.69 Å². The van der Waals surface area contributed by atoms with Crippen molar-refractivity contribution in [3.8, 4) is 0 Å². The van der Waals surface area contributed by atoms with Crippen molar-refractivity contribution in [1.29, 1.82) is 0 Å². The van der Waals surface area contributed by atoms with E-state index in [9.17, 15) is 5.11 Å². The third-order valence-electron chi connectivity index (χ3n) is 4.11. The van der Waals surface area contributed by atoms with Gasteiger partial charge in [-0.15, -0.1) is 0 Å². The largest absolute Gasteiger partial charge is 0.392 e. The Hall–Kier alpha value is -1.06. The highest BCUT2D eigenvalue weighted by molar-refractivity contribution is 5.56. The molecule has 0 radical (unpaired) electrons. The summed E-state index contributed by atoms with van der Waals surface area (Å²) in [5.74, 6) is 0. The van der Waals surface area contributed by atoms with E-state index in [1.165, 1.54) is 18.5 Å². The smallest absolute Gasteiger partial charge is 0.0702 e. The number of para-hydroxylation sites is 1. The summed E-state index contributed by atoms with van der Waals surface area (Å²) in [5, 5.41) is 9.34. The lowest BCUT2D eigenvalue weighted by molar-refractivity contribution is -0.000302. The molecule has 92 valence electrons. The van der Waals surface area contributed by atoms with Gasteiger partial charge in [0.2, 0.25) is 0 Å². The molecule has 2 fully saturated rings. The fourth-order valence-electron chi connectivity index (χ4n) is 3.01. The first-order valence-corrected chi connectivity index (χ1v) is 6.34. The molecule has 0 amide bonds. The Balaban J connectivity index is 1.72. The average Bonchev–Trinajstić information content (AvgIpc) is 2.37. The van der Waals surface area contributed by atoms with Crippen LogP contribution < -0.4 is 4.90 Å². The van der Waals surface area contributed by atoms with E-state index < -0.39 is 0 Å². The zero-order chi connectivity index (χ0) is 11.7. The van der Waals surface area contributed by atoms with Crippen LogP contribution >= 0.6 is 0 Å². The molecule has 0 saturated carbocycles. The molecule has 2 heterocycles. The van der Waals surface area contributed by atoms with Crippen molar-refractivity contribution in [2.75, 3.05) is 31.2 Å². The number of rotatable bonds is 2. The molecule has 2 saturated heterocycles. The summed E-state index contributed by atoms with van der Waals surface area (Å²) in [6.45, 7) is 4.19. The molecule has 0 aromatic heterocycles. The summed E-state index contributed by atoms with van der Waals surface area (Å²) in [6.07, 6.45) is 2.37. The summed E-state index contributed by atoms with van der Waals surface area (Å²) in [5.41, 5.74) is 2.72. The fraction of sp³-hybridized carbons (Fsp3) is 0.571. The number of benzene rings is 1. The Kier molecular flexibility index (Phi) is 2.81. The topological polar surface area (TPSA) is 32.7 Å². The summed E-state index contributed by atoms with van der Waals surface area (Å²) < 4.78 is 5.43. The van der Waals surface area contributed by atoms with E-state index >= 15 is 0 Å². The monoisotopic (exact) mass is 233 g/mol. The molecule has 0 unspecified atom stereocenters. The Morgan fingerprint density at radius 2 is 1.88 bits per heavy atom. The molecular formula is C14H19NO2. The van der Waals surface area contributed by atoms with Gasteiger partial charge in [0.25, 0.3) is 0 Å². The van der Waals surface area contributed by atoms with Crippen molar-refractivity contribution in [2.24, 2.45) is 5.41 Å². The quantitative estimate of drug-likeness (QED) is 0.845. The minimum Gasteiger partial charge on any atom is -0.392 e. The Bertz CT molecular complexity index is 391. The van der Waals surface area contributed by atoms with Crippen molar-refractivity contribution < 1.29 is 9.84 Å². The molecule has 2 aliphatic rings. The Morgan fingerprint density at radius 1 is 1.18 bits per heavy atom. The zero-order valence-corrected chi connectivity index (χ0v) is 10.1. The lowest BCUT2D eigenvalue weighted by Crippen LogP contribution is -2.58. The van der Waals surface area contributed by atoms with Crippen molar-refractivity contribution in [1.82, 2.24) is 0 Å². The van der Waals surface area contributed by atoms with Gasteiger partial charge in [0.1, 0.15) is 0 Å². The van der Waals surface area contributed by atoms with E-state index in [-0.39, 0.29) is 6.61 Å². The molecule has 17 heavy (non-hydrogen) atoms. The van der Waals surface area contributed by atoms with E-state index in [4.69, 9.17) is 4.74 Å². The number of anilines is 1. The van der Waals surface area contributed by atoms with Gasteiger partial charge < -0.3 is 14.7 Å². The lowest BCUT2D eigenvalue weighted by atomic mass is 9.73. The van der Waals surface area contributed by atoms with Crippen LogP contribution in [-0.2, 0) is 11.3 Å². The van der Waals surface area contributed by atoms with E-state index in [0.717, 1.165) is 31.9 Å². The second-order valence-corrected chi connectivity index (χ2v) is 5.26. The van der Waals surface area contributed by atoms with Crippen LogP contribution in [0.3, 0.4) is 0 Å². The number of aliphatic hydroxyl groups is 1. The van der Waals surface area contributed by atoms with Crippen LogP contribution in [0.25, 0.3) is 0 Å². The van der Waals surface area contributed by atoms with Gasteiger partial charge in [0.05, 0.1) is 6.61 Å². The van der Waals surface area contributed by atoms with Crippen molar-refractivity contribution in [2.45, 2.75) is 19.4 Å². The summed E-state index contributed by atoms with van der Waals surface area (Å²) in [7, 11) is 0. The summed E-state index contributed by atoms with van der Waals surface area (Å²) in [6, 6.07) is 8.14. The third-order valence-corrected chi connectivity index (χ3v) is 4.11. The standard InChI is InChI=1S/C14H19NO2/c16-9-12-3-1-2-4-13(12)15-10-14(11-15)5-7-17-8-6-14/h1-4,16H,5-11H2. The molecule has 0 atom stereocenters. The summed E-state index contributed by atoms with van der Waals surface area (Å²) >= 11 is 0. The van der Waals surface area contributed by atoms with Gasteiger partial charge in [-0.1, -0.05) is 18.2 Å². The molecule has 0 aliphatic carbocycles. The predicted octanol–water partition coefficient (Wildman–Crippen LogP) is 1.80. The van der Waals surface area contributed by atoms with Crippen LogP contribution in [0.4, 0.5) is 5.69 Å². The second kappa shape index (κ2) is 4.31. The van der Waals surface area contributed by atoms with Crippen LogP contribution in [0.2, 0.25) is 0 Å². The Labute approximate surface area is 102 Å². The number of aliphatic hydroxyl groups excluding tert-OH is 1. The maximum absolute atomic E-state index is 9.34. The van der Waals surface area contributed by atoms with Crippen LogP contribution in [0.1, 0.15) is 18.4 Å². The molecule has 1 aromatic carbocycles. The molecule has 3 nitrogen and oxygen atoms in total. The maximum atomic E-state index is 9.34. The molecule has 1 spiro atoms. The van der Waals surface area contributed by atoms with Crippen LogP contribution in [0, 0.1) is 5.41 Å². The molecule has 1 aromatic rings. The zero-order valence-electron chi connectivity index (χ0n) is 10.1. The van der Waals surface area contributed by atoms with Gasteiger partial charge in [0.15, 0.2) is 0 Å². The SMILES string of the molecule is OCc1ccccc1N1CC2(CCOCC2)C1. The highest BCUT2D eigenvalue weighted by atomic mass is 16.5. The van der Waals surface area contributed by atoms with E-state index in [1.807, 2.05) is 18.2 Å². The lowest BCUT2D eigenvalue weighted by Gasteiger charge is -2.53. The maximum Gasteiger partial charge on any atom is 0.0702 e. The average molecular weight is 233 g/mol. The number of hydrogen-bond donors (Lipinski definition) is 1. The summed E-state index contributed by atoms with van der Waals surface area (Å²) in [4.78, 5) is 2.39. The van der Waals surface area contributed by atoms with Crippen molar-refractivity contribution in [3.63, 3.8) is 0 Å². The first-order chi connectivity index (χ1) is 8.33. The number of ether oxygens (including phenoxy) is 1. The number of nitrogens with zero attached hydrogens (tertiary/aromatic N) is 1. The van der Waals surface area contributed by atoms with Crippen molar-refractivity contribution in [3.05, 3.63) is 29.8 Å². The van der Waals surface area contributed by atoms with Gasteiger partial charge >= 0.3 is 0 Å². The molecule has 1 N–H and O–H groups in total. The minimum absolute atomic E-state index is 0.128. The normalized spacial score (nSPS) is 22.5. The Morgan fingerprint density at radius 3 is 2.59 bits per heavy atom. The fourth-order valence-corrected chi connectivity index (χ4v) is 3.01. The van der Waals surface area contributed by atoms with Crippen LogP contribution in [-0.4, -0.2) is 31.4 Å². The molecule has 2 aliphatic heterocycles. The van der Waals surface area contributed by atoms with Gasteiger partial charge in [-0.05, 0) is 18.9 Å². The van der Waals surface area contributed by atoms with Gasteiger partial charge in [-0.3, -0.25) is 0 Å². The first kappa shape index (κ1) is 11.1. The van der Waals surface area contributed by atoms with E-state index in [0.29, 0.717) is 5.41 Å². The van der Waals surface area contributed by atoms with Gasteiger partial charge in [0, 0.05) is 43.0 Å². The molecular weight excluding hydrogens is 214 g/mol. The van der Waals surface area contributed by atoms with Gasteiger partial charge in [-0.25, -0.2) is 0 Å². The first-order valence-electron chi connectivity index (χ1n) is 6.34. The van der Waals surface area contributed by atoms with E-state index in [1.54, 1.807) is 0 Å². The highest BCUT2D eigenvalue weighted by Gasteiger charge is 2.44. The number of hydrogen-bond acceptors (Lipinski definition) is 3. The third kappa shape index (κ3) is 1.94. The second-order valence-electron chi connectivity index (χ2n) is 5.26. The molecule has 0 bridgehead atoms. The highest BCUT2D eigenvalue weighted by Crippen LogP contribution is 2.42. The van der Waals surface area contributed by atoms with Crippen LogP contribution in [0.5, 0.6) is 0 Å². The van der Waals surface area contributed by atoms with E-state index in [2.05, 4.69) is 11.0 Å². The molecule has 3 rings (SSSR count). The molecule has 3 heteroatoms. The van der Waals surface area contributed by atoms with Crippen LogP contribution in [0.15, 0.2) is 24.3 Å². The minimum atomic E-state index is 0.128. The van der Waals surface area contributed by atoms with Gasteiger partial charge in [-0.2, -0.15) is 0 Å².